The second kappa shape index (κ2) is 5.75. The quantitative estimate of drug-likeness (QED) is 0.800. The van der Waals surface area contributed by atoms with E-state index < -0.39 is 0 Å². The smallest absolute Gasteiger partial charge is 0.0635 e. The maximum atomic E-state index is 8.73. The van der Waals surface area contributed by atoms with Gasteiger partial charge in [0.1, 0.15) is 0 Å². The van der Waals surface area contributed by atoms with Gasteiger partial charge in [0.05, 0.1) is 6.07 Å². The summed E-state index contributed by atoms with van der Waals surface area (Å²) in [4.78, 5) is 2.45. The molecule has 0 heterocycles. The molecule has 0 aliphatic heterocycles. The average Bonchev–Trinajstić information content (AvgIpc) is 3.18. The van der Waals surface area contributed by atoms with E-state index in [0.29, 0.717) is 6.42 Å². The molecule has 0 amide bonds. The first-order valence-corrected chi connectivity index (χ1v) is 7.21. The van der Waals surface area contributed by atoms with Crippen molar-refractivity contribution in [1.82, 2.24) is 4.90 Å². The number of nitrogens with zero attached hydrogens (tertiary/aromatic N) is 2. The number of hydrogen-bond donors (Lipinski definition) is 0. The van der Waals surface area contributed by atoms with Crippen molar-refractivity contribution >= 4 is 0 Å². The minimum absolute atomic E-state index is 0.218. The van der Waals surface area contributed by atoms with E-state index in [1.165, 1.54) is 24.0 Å². The third-order valence-corrected chi connectivity index (χ3v) is 3.78. The average molecular weight is 256 g/mol. The largest absolute Gasteiger partial charge is 0.295 e. The molecular weight excluding hydrogens is 232 g/mol. The Bertz CT molecular complexity index is 444. The standard InChI is InChI=1S/C17H24N2/c1-17(2,3)15-7-5-14(6-8-15)13-19(12-4-11-18)16-9-10-16/h5-8,16H,4,9-10,12-13H2,1-3H3. The topological polar surface area (TPSA) is 27.0 Å². The first kappa shape index (κ1) is 14.1. The van der Waals surface area contributed by atoms with Gasteiger partial charge in [-0.05, 0) is 29.4 Å². The van der Waals surface area contributed by atoms with Gasteiger partial charge in [0.25, 0.3) is 0 Å². The first-order chi connectivity index (χ1) is 9.00. The van der Waals surface area contributed by atoms with Crippen LogP contribution in [0.25, 0.3) is 0 Å². The van der Waals surface area contributed by atoms with E-state index in [2.05, 4.69) is 56.0 Å². The van der Waals surface area contributed by atoms with Crippen LogP contribution >= 0.6 is 0 Å². The molecule has 0 unspecified atom stereocenters. The summed E-state index contributed by atoms with van der Waals surface area (Å²) < 4.78 is 0. The van der Waals surface area contributed by atoms with Crippen molar-refractivity contribution in [3.8, 4) is 6.07 Å². The molecule has 2 rings (SSSR count). The Morgan fingerprint density at radius 3 is 2.32 bits per heavy atom. The summed E-state index contributed by atoms with van der Waals surface area (Å²) in [5.74, 6) is 0. The van der Waals surface area contributed by atoms with Gasteiger partial charge in [-0.15, -0.1) is 0 Å². The van der Waals surface area contributed by atoms with Crippen LogP contribution in [0.4, 0.5) is 0 Å². The van der Waals surface area contributed by atoms with E-state index in [9.17, 15) is 0 Å². The second-order valence-electron chi connectivity index (χ2n) is 6.56. The Kier molecular flexibility index (Phi) is 4.27. The zero-order valence-corrected chi connectivity index (χ0v) is 12.3. The highest BCUT2D eigenvalue weighted by molar-refractivity contribution is 5.27. The molecule has 1 saturated carbocycles. The van der Waals surface area contributed by atoms with Gasteiger partial charge in [-0.2, -0.15) is 5.26 Å². The lowest BCUT2D eigenvalue weighted by Gasteiger charge is -2.22. The van der Waals surface area contributed by atoms with Crippen molar-refractivity contribution in [2.24, 2.45) is 0 Å². The summed E-state index contributed by atoms with van der Waals surface area (Å²) >= 11 is 0. The van der Waals surface area contributed by atoms with Gasteiger partial charge in [-0.3, -0.25) is 4.90 Å². The van der Waals surface area contributed by atoms with Crippen molar-refractivity contribution in [2.75, 3.05) is 6.54 Å². The molecule has 102 valence electrons. The number of hydrogen-bond acceptors (Lipinski definition) is 2. The molecule has 1 aromatic carbocycles. The summed E-state index contributed by atoms with van der Waals surface area (Å²) in [6.45, 7) is 8.61. The highest BCUT2D eigenvalue weighted by atomic mass is 15.2. The molecule has 1 fully saturated rings. The lowest BCUT2D eigenvalue weighted by atomic mass is 9.87. The number of rotatable bonds is 5. The van der Waals surface area contributed by atoms with Crippen LogP contribution in [0.2, 0.25) is 0 Å². The van der Waals surface area contributed by atoms with E-state index in [4.69, 9.17) is 5.26 Å². The molecular formula is C17H24N2. The van der Waals surface area contributed by atoms with Crippen LogP contribution in [0.1, 0.15) is 51.2 Å². The van der Waals surface area contributed by atoms with Crippen molar-refractivity contribution in [2.45, 2.75) is 58.0 Å². The maximum Gasteiger partial charge on any atom is 0.0635 e. The number of benzene rings is 1. The predicted octanol–water partition coefficient (Wildman–Crippen LogP) is 3.86. The zero-order chi connectivity index (χ0) is 13.9. The molecule has 0 bridgehead atoms. The molecule has 2 heteroatoms. The van der Waals surface area contributed by atoms with E-state index >= 15 is 0 Å². The molecule has 0 N–H and O–H groups in total. The van der Waals surface area contributed by atoms with Crippen molar-refractivity contribution in [3.63, 3.8) is 0 Å². The van der Waals surface area contributed by atoms with Crippen LogP contribution in [-0.2, 0) is 12.0 Å². The fourth-order valence-corrected chi connectivity index (χ4v) is 2.37. The minimum atomic E-state index is 0.218. The summed E-state index contributed by atoms with van der Waals surface area (Å²) in [6.07, 6.45) is 3.23. The SMILES string of the molecule is CC(C)(C)c1ccc(CN(CCC#N)C2CC2)cc1. The summed E-state index contributed by atoms with van der Waals surface area (Å²) in [6, 6.07) is 11.9. The Hall–Kier alpha value is -1.33. The highest BCUT2D eigenvalue weighted by Crippen LogP contribution is 2.29. The predicted molar refractivity (Wildman–Crippen MR) is 78.8 cm³/mol. The molecule has 0 aromatic heterocycles. The van der Waals surface area contributed by atoms with E-state index in [1.54, 1.807) is 0 Å². The fourth-order valence-electron chi connectivity index (χ4n) is 2.37. The first-order valence-electron chi connectivity index (χ1n) is 7.21. The highest BCUT2D eigenvalue weighted by Gasteiger charge is 2.28. The van der Waals surface area contributed by atoms with E-state index in [0.717, 1.165) is 19.1 Å². The Morgan fingerprint density at radius 2 is 1.84 bits per heavy atom. The van der Waals surface area contributed by atoms with Crippen molar-refractivity contribution in [3.05, 3.63) is 35.4 Å². The molecule has 2 nitrogen and oxygen atoms in total. The number of nitriles is 1. The van der Waals surface area contributed by atoms with Gasteiger partial charge in [-0.25, -0.2) is 0 Å². The van der Waals surface area contributed by atoms with Crippen LogP contribution in [0.15, 0.2) is 24.3 Å². The molecule has 0 saturated heterocycles. The summed E-state index contributed by atoms with van der Waals surface area (Å²) in [5.41, 5.74) is 2.96. The molecule has 0 radical (unpaired) electrons. The maximum absolute atomic E-state index is 8.73. The lowest BCUT2D eigenvalue weighted by Crippen LogP contribution is -2.26. The van der Waals surface area contributed by atoms with Crippen LogP contribution in [-0.4, -0.2) is 17.5 Å². The zero-order valence-electron chi connectivity index (χ0n) is 12.3. The summed E-state index contributed by atoms with van der Waals surface area (Å²) in [7, 11) is 0. The molecule has 1 aliphatic rings. The Morgan fingerprint density at radius 1 is 1.21 bits per heavy atom. The van der Waals surface area contributed by atoms with Gasteiger partial charge in [0, 0.05) is 25.6 Å². The molecule has 0 atom stereocenters. The Balaban J connectivity index is 1.99. The summed E-state index contributed by atoms with van der Waals surface area (Å²) in [5, 5.41) is 8.73. The van der Waals surface area contributed by atoms with Gasteiger partial charge < -0.3 is 0 Å². The molecule has 19 heavy (non-hydrogen) atoms. The van der Waals surface area contributed by atoms with Gasteiger partial charge >= 0.3 is 0 Å². The lowest BCUT2D eigenvalue weighted by molar-refractivity contribution is 0.261. The van der Waals surface area contributed by atoms with Crippen LogP contribution in [0.5, 0.6) is 0 Å². The molecule has 1 aromatic rings. The second-order valence-corrected chi connectivity index (χ2v) is 6.56. The minimum Gasteiger partial charge on any atom is -0.295 e. The van der Waals surface area contributed by atoms with Gasteiger partial charge in [0.2, 0.25) is 0 Å². The normalized spacial score (nSPS) is 15.5. The van der Waals surface area contributed by atoms with E-state index in [1.807, 2.05) is 0 Å². The van der Waals surface area contributed by atoms with Crippen LogP contribution < -0.4 is 0 Å². The van der Waals surface area contributed by atoms with Crippen molar-refractivity contribution in [1.29, 1.82) is 5.26 Å². The fraction of sp³-hybridized carbons (Fsp3) is 0.588. The van der Waals surface area contributed by atoms with Crippen molar-refractivity contribution < 1.29 is 0 Å². The monoisotopic (exact) mass is 256 g/mol. The van der Waals surface area contributed by atoms with Gasteiger partial charge in [-0.1, -0.05) is 45.0 Å². The third kappa shape index (κ3) is 4.08. The molecule has 0 spiro atoms. The van der Waals surface area contributed by atoms with E-state index in [-0.39, 0.29) is 5.41 Å². The van der Waals surface area contributed by atoms with Gasteiger partial charge in [0.15, 0.2) is 0 Å². The third-order valence-electron chi connectivity index (χ3n) is 3.78. The van der Waals surface area contributed by atoms with Crippen LogP contribution in [0, 0.1) is 11.3 Å². The molecule has 1 aliphatic carbocycles. The van der Waals surface area contributed by atoms with Crippen LogP contribution in [0.3, 0.4) is 0 Å². The Labute approximate surface area is 117 Å².